The molecule has 1 aromatic carbocycles. The van der Waals surface area contributed by atoms with Gasteiger partial charge >= 0.3 is 0 Å². The lowest BCUT2D eigenvalue weighted by Crippen LogP contribution is -2.59. The first kappa shape index (κ1) is 13.8. The molecule has 1 heterocycles. The van der Waals surface area contributed by atoms with Crippen LogP contribution in [0.25, 0.3) is 0 Å². The van der Waals surface area contributed by atoms with Gasteiger partial charge in [0.05, 0.1) is 20.6 Å². The molecule has 0 N–H and O–H groups in total. The highest BCUT2D eigenvalue weighted by molar-refractivity contribution is 5.96. The number of fused-ring (bicyclic) bond motifs is 2. The van der Waals surface area contributed by atoms with E-state index in [9.17, 15) is 4.79 Å². The Labute approximate surface area is 122 Å². The van der Waals surface area contributed by atoms with Gasteiger partial charge < -0.3 is 23.7 Å². The normalized spacial score (nSPS) is 26.7. The fourth-order valence-electron chi connectivity index (χ4n) is 2.53. The van der Waals surface area contributed by atoms with E-state index in [0.717, 1.165) is 0 Å². The first-order valence-corrected chi connectivity index (χ1v) is 6.49. The number of carbonyl (C=O) groups excluding carboxylic acids is 1. The molecule has 1 aliphatic heterocycles. The molecule has 1 aromatic rings. The molecule has 0 saturated heterocycles. The number of ketones is 1. The minimum Gasteiger partial charge on any atom is -0.501 e. The summed E-state index contributed by atoms with van der Waals surface area (Å²) in [6.07, 6.45) is 0.842. The van der Waals surface area contributed by atoms with Gasteiger partial charge in [-0.1, -0.05) is 0 Å². The zero-order chi connectivity index (χ0) is 15.0. The monoisotopic (exact) mass is 292 g/mol. The molecule has 3 rings (SSSR count). The van der Waals surface area contributed by atoms with Crippen molar-refractivity contribution in [3.05, 3.63) is 30.0 Å². The van der Waals surface area contributed by atoms with E-state index in [0.29, 0.717) is 23.0 Å². The van der Waals surface area contributed by atoms with E-state index < -0.39 is 11.9 Å². The largest absolute Gasteiger partial charge is 0.501 e. The van der Waals surface area contributed by atoms with Gasteiger partial charge in [-0.15, -0.1) is 0 Å². The molecule has 6 heteroatoms. The molecule has 2 atom stereocenters. The van der Waals surface area contributed by atoms with Crippen LogP contribution >= 0.6 is 0 Å². The summed E-state index contributed by atoms with van der Waals surface area (Å²) in [5, 5.41) is 0. The first-order valence-electron chi connectivity index (χ1n) is 6.49. The Morgan fingerprint density at radius 3 is 2.67 bits per heavy atom. The van der Waals surface area contributed by atoms with Gasteiger partial charge in [-0.25, -0.2) is 0 Å². The van der Waals surface area contributed by atoms with Crippen LogP contribution in [0.5, 0.6) is 17.2 Å². The van der Waals surface area contributed by atoms with Crippen molar-refractivity contribution in [1.82, 2.24) is 0 Å². The number of carbonyl (C=O) groups is 1. The van der Waals surface area contributed by atoms with Crippen LogP contribution in [0.1, 0.15) is 6.42 Å². The Morgan fingerprint density at radius 2 is 2.00 bits per heavy atom. The second-order valence-corrected chi connectivity index (χ2v) is 4.82. The fourth-order valence-corrected chi connectivity index (χ4v) is 2.53. The minimum atomic E-state index is -1.23. The van der Waals surface area contributed by atoms with Crippen LogP contribution in [0.4, 0.5) is 0 Å². The van der Waals surface area contributed by atoms with E-state index >= 15 is 0 Å². The molecule has 0 amide bonds. The van der Waals surface area contributed by atoms with E-state index in [1.54, 1.807) is 25.3 Å². The Balaban J connectivity index is 2.03. The van der Waals surface area contributed by atoms with Crippen molar-refractivity contribution in [3.8, 4) is 17.2 Å². The molecular weight excluding hydrogens is 276 g/mol. The Kier molecular flexibility index (Phi) is 3.25. The van der Waals surface area contributed by atoms with Gasteiger partial charge in [-0.05, 0) is 12.1 Å². The van der Waals surface area contributed by atoms with Crippen LogP contribution in [0.3, 0.4) is 0 Å². The summed E-state index contributed by atoms with van der Waals surface area (Å²) in [5.41, 5.74) is 0. The molecular formula is C15H16O6. The summed E-state index contributed by atoms with van der Waals surface area (Å²) < 4.78 is 27.6. The van der Waals surface area contributed by atoms with Crippen molar-refractivity contribution in [2.45, 2.75) is 18.3 Å². The third-order valence-corrected chi connectivity index (χ3v) is 3.67. The summed E-state index contributed by atoms with van der Waals surface area (Å²) in [7, 11) is 4.55. The molecule has 1 unspecified atom stereocenters. The molecule has 0 saturated carbocycles. The lowest BCUT2D eigenvalue weighted by molar-refractivity contribution is -0.230. The van der Waals surface area contributed by atoms with E-state index in [1.165, 1.54) is 20.3 Å². The van der Waals surface area contributed by atoms with Crippen molar-refractivity contribution in [2.75, 3.05) is 21.3 Å². The van der Waals surface area contributed by atoms with Gasteiger partial charge in [0.15, 0.2) is 11.5 Å². The average molecular weight is 292 g/mol. The van der Waals surface area contributed by atoms with Crippen LogP contribution in [0, 0.1) is 0 Å². The van der Waals surface area contributed by atoms with Gasteiger partial charge in [0.25, 0.3) is 5.79 Å². The number of hydrogen-bond acceptors (Lipinski definition) is 6. The Hall–Kier alpha value is -2.21. The van der Waals surface area contributed by atoms with Crippen molar-refractivity contribution < 1.29 is 28.5 Å². The maximum absolute atomic E-state index is 12.2. The highest BCUT2D eigenvalue weighted by Gasteiger charge is 2.54. The summed E-state index contributed by atoms with van der Waals surface area (Å²) in [4.78, 5) is 12.2. The van der Waals surface area contributed by atoms with Crippen molar-refractivity contribution in [1.29, 1.82) is 0 Å². The molecule has 0 radical (unpaired) electrons. The maximum atomic E-state index is 12.2. The highest BCUT2D eigenvalue weighted by Crippen LogP contribution is 2.44. The van der Waals surface area contributed by atoms with Crippen molar-refractivity contribution >= 4 is 5.78 Å². The summed E-state index contributed by atoms with van der Waals surface area (Å²) in [5.74, 6) is 0.603. The van der Waals surface area contributed by atoms with E-state index in [2.05, 4.69) is 0 Å². The van der Waals surface area contributed by atoms with Crippen LogP contribution < -0.4 is 14.2 Å². The molecule has 112 valence electrons. The van der Waals surface area contributed by atoms with Crippen molar-refractivity contribution in [3.63, 3.8) is 0 Å². The standard InChI is InChI=1S/C15H16O6/c1-17-9-4-5-12-13(7-9)21-15(19-3)8-10(18-2)6-11(16)14(15)20-12/h4-7,14H,8H2,1-3H3/t14?,15-/m0/s1. The number of rotatable bonds is 3. The molecule has 21 heavy (non-hydrogen) atoms. The minimum absolute atomic E-state index is 0.249. The van der Waals surface area contributed by atoms with Crippen LogP contribution in [-0.2, 0) is 14.3 Å². The highest BCUT2D eigenvalue weighted by atomic mass is 16.7. The van der Waals surface area contributed by atoms with Crippen LogP contribution in [-0.4, -0.2) is 39.0 Å². The van der Waals surface area contributed by atoms with Crippen LogP contribution in [0.15, 0.2) is 30.0 Å². The van der Waals surface area contributed by atoms with Gasteiger partial charge in [-0.3, -0.25) is 4.79 Å². The smallest absolute Gasteiger partial charge is 0.262 e. The fraction of sp³-hybridized carbons (Fsp3) is 0.400. The first-order chi connectivity index (χ1) is 10.1. The van der Waals surface area contributed by atoms with Gasteiger partial charge in [0.1, 0.15) is 11.5 Å². The number of hydrogen-bond donors (Lipinski definition) is 0. The molecule has 0 aromatic heterocycles. The third kappa shape index (κ3) is 2.12. The summed E-state index contributed by atoms with van der Waals surface area (Å²) >= 11 is 0. The van der Waals surface area contributed by atoms with Crippen LogP contribution in [0.2, 0.25) is 0 Å². The molecule has 0 spiro atoms. The third-order valence-electron chi connectivity index (χ3n) is 3.67. The molecule has 0 bridgehead atoms. The van der Waals surface area contributed by atoms with Gasteiger partial charge in [0, 0.05) is 19.3 Å². The lowest BCUT2D eigenvalue weighted by atomic mass is 9.93. The molecule has 1 aliphatic carbocycles. The maximum Gasteiger partial charge on any atom is 0.262 e. The van der Waals surface area contributed by atoms with Gasteiger partial charge in [-0.2, -0.15) is 0 Å². The predicted molar refractivity (Wildman–Crippen MR) is 72.5 cm³/mol. The lowest BCUT2D eigenvalue weighted by Gasteiger charge is -2.43. The van der Waals surface area contributed by atoms with E-state index in [4.69, 9.17) is 23.7 Å². The molecule has 0 fully saturated rings. The predicted octanol–water partition coefficient (Wildman–Crippen LogP) is 1.68. The van der Waals surface area contributed by atoms with Crippen molar-refractivity contribution in [2.24, 2.45) is 0 Å². The topological polar surface area (TPSA) is 63.2 Å². The SMILES string of the molecule is COC1=CC(=O)C2Oc3ccc(OC)cc3O[C@@]2(OC)C1. The second-order valence-electron chi connectivity index (χ2n) is 4.82. The quantitative estimate of drug-likeness (QED) is 0.844. The molecule has 6 nitrogen and oxygen atoms in total. The average Bonchev–Trinajstić information content (AvgIpc) is 2.52. The molecule has 2 aliphatic rings. The zero-order valence-electron chi connectivity index (χ0n) is 12.0. The summed E-state index contributed by atoms with van der Waals surface area (Å²) in [6, 6.07) is 5.14. The van der Waals surface area contributed by atoms with Gasteiger partial charge in [0.2, 0.25) is 11.9 Å². The van der Waals surface area contributed by atoms with E-state index in [1.807, 2.05) is 0 Å². The van der Waals surface area contributed by atoms with E-state index in [-0.39, 0.29) is 12.2 Å². The Morgan fingerprint density at radius 1 is 1.19 bits per heavy atom. The second kappa shape index (κ2) is 4.96. The number of ether oxygens (including phenoxy) is 5. The summed E-state index contributed by atoms with van der Waals surface area (Å²) in [6.45, 7) is 0. The number of benzene rings is 1. The number of methoxy groups -OCH3 is 3. The Bertz CT molecular complexity index is 608. The zero-order valence-corrected chi connectivity index (χ0v) is 12.0.